The van der Waals surface area contributed by atoms with Crippen molar-refractivity contribution in [2.75, 3.05) is 13.1 Å². The lowest BCUT2D eigenvalue weighted by molar-refractivity contribution is -0.133. The summed E-state index contributed by atoms with van der Waals surface area (Å²) in [5.74, 6) is -2.74. The highest BCUT2D eigenvalue weighted by Gasteiger charge is 2.48. The van der Waals surface area contributed by atoms with Crippen LogP contribution in [-0.2, 0) is 9.59 Å². The Hall–Kier alpha value is -3.49. The average Bonchev–Trinajstić information content (AvgIpc) is 3.70. The topological polar surface area (TPSA) is 98.7 Å². The maximum atomic E-state index is 13.2. The van der Waals surface area contributed by atoms with Crippen molar-refractivity contribution in [3.8, 4) is 0 Å². The molecule has 3 fully saturated rings. The molecule has 0 unspecified atom stereocenters. The number of halogens is 2. The Morgan fingerprint density at radius 1 is 0.735 bits per heavy atom. The van der Waals surface area contributed by atoms with Crippen LogP contribution < -0.4 is 10.6 Å². The second-order valence-corrected chi connectivity index (χ2v) is 9.42. The van der Waals surface area contributed by atoms with Crippen molar-refractivity contribution in [3.63, 3.8) is 0 Å². The number of hydrogen-bond acceptors (Lipinski definition) is 3. The van der Waals surface area contributed by atoms with Crippen LogP contribution in [0.15, 0.2) is 48.5 Å². The minimum Gasteiger partial charge on any atom is -0.465 e. The van der Waals surface area contributed by atoms with Gasteiger partial charge in [-0.25, -0.2) is 13.6 Å². The van der Waals surface area contributed by atoms with Crippen LogP contribution in [0.5, 0.6) is 0 Å². The van der Waals surface area contributed by atoms with Gasteiger partial charge >= 0.3 is 6.09 Å². The van der Waals surface area contributed by atoms with Gasteiger partial charge in [0.1, 0.15) is 11.6 Å². The zero-order valence-corrected chi connectivity index (χ0v) is 18.3. The minimum absolute atomic E-state index is 0.0424. The SMILES string of the molecule is O=C(N[C@H]1C[C@@H]1c1ccc(F)cc1)[C@@H]1CN(C(=O)O)C[C@H]1C(=O)N[C@H]1C[C@@H]1c1ccc(F)cc1. The van der Waals surface area contributed by atoms with E-state index in [4.69, 9.17) is 0 Å². The maximum Gasteiger partial charge on any atom is 0.407 e. The largest absolute Gasteiger partial charge is 0.465 e. The van der Waals surface area contributed by atoms with Crippen molar-refractivity contribution < 1.29 is 28.3 Å². The Morgan fingerprint density at radius 2 is 1.12 bits per heavy atom. The molecule has 1 aliphatic heterocycles. The van der Waals surface area contributed by atoms with Gasteiger partial charge in [0.25, 0.3) is 0 Å². The number of nitrogens with zero attached hydrogens (tertiary/aromatic N) is 1. The van der Waals surface area contributed by atoms with Crippen LogP contribution in [0.1, 0.15) is 35.8 Å². The van der Waals surface area contributed by atoms with E-state index in [1.54, 1.807) is 24.3 Å². The third-order valence-corrected chi connectivity index (χ3v) is 7.10. The highest BCUT2D eigenvalue weighted by molar-refractivity contribution is 5.90. The summed E-state index contributed by atoms with van der Waals surface area (Å²) in [5.41, 5.74) is 1.86. The van der Waals surface area contributed by atoms with Crippen molar-refractivity contribution in [1.82, 2.24) is 15.5 Å². The molecule has 3 N–H and O–H groups in total. The lowest BCUT2D eigenvalue weighted by Crippen LogP contribution is -2.43. The van der Waals surface area contributed by atoms with Crippen LogP contribution in [0.4, 0.5) is 13.6 Å². The maximum absolute atomic E-state index is 13.2. The van der Waals surface area contributed by atoms with Gasteiger partial charge < -0.3 is 20.6 Å². The lowest BCUT2D eigenvalue weighted by atomic mass is 9.94. The molecular weight excluding hydrogens is 444 g/mol. The number of amides is 3. The van der Waals surface area contributed by atoms with E-state index < -0.39 is 17.9 Å². The Kier molecular flexibility index (Phi) is 5.71. The quantitative estimate of drug-likeness (QED) is 0.606. The number of carbonyl (C=O) groups is 3. The molecule has 1 saturated heterocycles. The molecule has 2 aliphatic carbocycles. The number of hydrogen-bond donors (Lipinski definition) is 3. The van der Waals surface area contributed by atoms with Gasteiger partial charge in [0, 0.05) is 37.0 Å². The first-order valence-electron chi connectivity index (χ1n) is 11.4. The first-order chi connectivity index (χ1) is 16.3. The van der Waals surface area contributed by atoms with Gasteiger partial charge in [0.2, 0.25) is 11.8 Å². The summed E-state index contributed by atoms with van der Waals surface area (Å²) in [6, 6.07) is 12.1. The van der Waals surface area contributed by atoms with Gasteiger partial charge in [0.05, 0.1) is 11.8 Å². The highest BCUT2D eigenvalue weighted by Crippen LogP contribution is 2.42. The molecule has 3 amide bonds. The second kappa shape index (κ2) is 8.70. The average molecular weight is 469 g/mol. The number of nitrogens with one attached hydrogen (secondary N) is 2. The van der Waals surface area contributed by atoms with E-state index in [2.05, 4.69) is 10.6 Å². The number of carboxylic acid groups (broad SMARTS) is 1. The molecule has 2 aromatic rings. The second-order valence-electron chi connectivity index (χ2n) is 9.42. The molecule has 3 aliphatic rings. The van der Waals surface area contributed by atoms with Gasteiger partial charge in [-0.3, -0.25) is 9.59 Å². The van der Waals surface area contributed by atoms with E-state index in [0.717, 1.165) is 16.0 Å². The van der Waals surface area contributed by atoms with Crippen LogP contribution in [0, 0.1) is 23.5 Å². The van der Waals surface area contributed by atoms with Gasteiger partial charge in [0.15, 0.2) is 0 Å². The predicted molar refractivity (Wildman–Crippen MR) is 118 cm³/mol. The molecule has 0 bridgehead atoms. The van der Waals surface area contributed by atoms with Crippen LogP contribution in [-0.4, -0.2) is 53.1 Å². The summed E-state index contributed by atoms with van der Waals surface area (Å²) in [5, 5.41) is 15.3. The Morgan fingerprint density at radius 3 is 1.47 bits per heavy atom. The molecule has 178 valence electrons. The number of benzene rings is 2. The van der Waals surface area contributed by atoms with Crippen LogP contribution >= 0.6 is 0 Å². The van der Waals surface area contributed by atoms with Crippen molar-refractivity contribution in [2.45, 2.75) is 36.8 Å². The molecule has 34 heavy (non-hydrogen) atoms. The molecule has 1 heterocycles. The summed E-state index contributed by atoms with van der Waals surface area (Å²) in [7, 11) is 0. The molecule has 9 heteroatoms. The number of likely N-dealkylation sites (tertiary alicyclic amines) is 1. The van der Waals surface area contributed by atoms with Crippen molar-refractivity contribution in [2.24, 2.45) is 11.8 Å². The predicted octanol–water partition coefficient (Wildman–Crippen LogP) is 2.84. The van der Waals surface area contributed by atoms with Gasteiger partial charge in [-0.1, -0.05) is 24.3 Å². The van der Waals surface area contributed by atoms with E-state index >= 15 is 0 Å². The molecule has 0 spiro atoms. The zero-order valence-electron chi connectivity index (χ0n) is 18.3. The Labute approximate surface area is 195 Å². The smallest absolute Gasteiger partial charge is 0.407 e. The van der Waals surface area contributed by atoms with Crippen molar-refractivity contribution in [3.05, 3.63) is 71.3 Å². The summed E-state index contributed by atoms with van der Waals surface area (Å²) in [4.78, 5) is 38.7. The molecule has 6 atom stereocenters. The molecule has 2 saturated carbocycles. The van der Waals surface area contributed by atoms with E-state index in [0.29, 0.717) is 12.8 Å². The molecule has 0 radical (unpaired) electrons. The van der Waals surface area contributed by atoms with Crippen molar-refractivity contribution in [1.29, 1.82) is 0 Å². The standard InChI is InChI=1S/C25H25F2N3O4/c26-15-5-1-13(2-6-15)17-9-21(17)28-23(31)19-11-30(25(33)34)12-20(19)24(32)29-22-10-18(22)14-3-7-16(27)8-4-14/h1-8,17-22H,9-12H2,(H,28,31)(H,29,32)(H,33,34)/t17-,18-,19-,20-,21+,22+/m1/s1. The Bertz CT molecular complexity index is 1030. The normalized spacial score (nSPS) is 29.4. The molecule has 7 nitrogen and oxygen atoms in total. The first kappa shape index (κ1) is 22.3. The van der Waals surface area contributed by atoms with Gasteiger partial charge in [-0.2, -0.15) is 0 Å². The third-order valence-electron chi connectivity index (χ3n) is 7.10. The molecular formula is C25H25F2N3O4. The summed E-state index contributed by atoms with van der Waals surface area (Å²) >= 11 is 0. The molecule has 2 aromatic carbocycles. The number of rotatable bonds is 6. The van der Waals surface area contributed by atoms with Crippen LogP contribution in [0.25, 0.3) is 0 Å². The fourth-order valence-corrected chi connectivity index (χ4v) is 4.94. The van der Waals surface area contributed by atoms with Crippen molar-refractivity contribution >= 4 is 17.9 Å². The van der Waals surface area contributed by atoms with Crippen LogP contribution in [0.3, 0.4) is 0 Å². The third kappa shape index (κ3) is 4.60. The van der Waals surface area contributed by atoms with E-state index in [9.17, 15) is 28.3 Å². The fraction of sp³-hybridized carbons (Fsp3) is 0.400. The summed E-state index contributed by atoms with van der Waals surface area (Å²) in [6.07, 6.45) is 0.259. The monoisotopic (exact) mass is 469 g/mol. The van der Waals surface area contributed by atoms with E-state index in [-0.39, 0.29) is 60.5 Å². The zero-order chi connectivity index (χ0) is 24.0. The Balaban J connectivity index is 1.20. The molecule has 5 rings (SSSR count). The minimum atomic E-state index is -1.17. The molecule has 0 aromatic heterocycles. The van der Waals surface area contributed by atoms with Gasteiger partial charge in [-0.05, 0) is 48.2 Å². The first-order valence-corrected chi connectivity index (χ1v) is 11.4. The van der Waals surface area contributed by atoms with E-state index in [1.807, 2.05) is 0 Å². The lowest BCUT2D eigenvalue weighted by Gasteiger charge is -2.18. The van der Waals surface area contributed by atoms with E-state index in [1.165, 1.54) is 24.3 Å². The number of carbonyl (C=O) groups excluding carboxylic acids is 2. The van der Waals surface area contributed by atoms with Gasteiger partial charge in [-0.15, -0.1) is 0 Å². The fourth-order valence-electron chi connectivity index (χ4n) is 4.94. The van der Waals surface area contributed by atoms with Crippen LogP contribution in [0.2, 0.25) is 0 Å². The highest BCUT2D eigenvalue weighted by atomic mass is 19.1. The summed E-state index contributed by atoms with van der Waals surface area (Å²) in [6.45, 7) is -0.0848. The summed E-state index contributed by atoms with van der Waals surface area (Å²) < 4.78 is 26.3.